The first-order chi connectivity index (χ1) is 14.7. The van der Waals surface area contributed by atoms with Crippen LogP contribution in [0, 0.1) is 0 Å². The molecule has 1 N–H and O–H groups in total. The number of rotatable bonds is 5. The lowest BCUT2D eigenvalue weighted by Gasteiger charge is -2.33. The Morgan fingerprint density at radius 2 is 1.57 bits per heavy atom. The number of furan rings is 1. The normalized spacial score (nSPS) is 18.1. The number of amides is 2. The van der Waals surface area contributed by atoms with E-state index < -0.39 is 0 Å². The summed E-state index contributed by atoms with van der Waals surface area (Å²) in [5.41, 5.74) is 2.05. The van der Waals surface area contributed by atoms with Crippen molar-refractivity contribution in [2.45, 2.75) is 25.7 Å². The van der Waals surface area contributed by atoms with E-state index in [1.807, 2.05) is 12.1 Å². The summed E-state index contributed by atoms with van der Waals surface area (Å²) in [6.07, 6.45) is 6.64. The van der Waals surface area contributed by atoms with Crippen molar-refractivity contribution < 1.29 is 14.0 Å². The number of nitrogens with one attached hydrogen (secondary N) is 1. The predicted octanol–water partition coefficient (Wildman–Crippen LogP) is 3.06. The summed E-state index contributed by atoms with van der Waals surface area (Å²) in [7, 11) is 0. The molecule has 0 aliphatic carbocycles. The average molecular weight is 411 g/mol. The highest BCUT2D eigenvalue weighted by atomic mass is 16.3. The minimum absolute atomic E-state index is 0.0247. The van der Waals surface area contributed by atoms with Gasteiger partial charge < -0.3 is 19.5 Å². The number of carbonyl (C=O) groups excluding carboxylic acids is 2. The molecule has 1 aromatic heterocycles. The Kier molecular flexibility index (Phi) is 6.69. The smallest absolute Gasteiger partial charge is 0.289 e. The molecule has 2 aromatic rings. The number of hydrogen-bond acceptors (Lipinski definition) is 5. The van der Waals surface area contributed by atoms with Crippen LogP contribution in [0.2, 0.25) is 0 Å². The number of carbonyl (C=O) groups is 2. The second-order valence-electron chi connectivity index (χ2n) is 8.04. The van der Waals surface area contributed by atoms with Crippen molar-refractivity contribution in [2.75, 3.05) is 56.0 Å². The van der Waals surface area contributed by atoms with Gasteiger partial charge in [-0.15, -0.1) is 0 Å². The Bertz CT molecular complexity index is 819. The van der Waals surface area contributed by atoms with E-state index >= 15 is 0 Å². The van der Waals surface area contributed by atoms with E-state index in [1.54, 1.807) is 17.0 Å². The van der Waals surface area contributed by atoms with Gasteiger partial charge in [0.2, 0.25) is 5.91 Å². The summed E-state index contributed by atoms with van der Waals surface area (Å²) in [4.78, 5) is 31.1. The fourth-order valence-corrected chi connectivity index (χ4v) is 4.15. The molecule has 1 aromatic carbocycles. The van der Waals surface area contributed by atoms with E-state index in [4.69, 9.17) is 4.42 Å². The van der Waals surface area contributed by atoms with Crippen molar-refractivity contribution in [2.24, 2.45) is 0 Å². The van der Waals surface area contributed by atoms with Crippen LogP contribution in [0.1, 0.15) is 36.2 Å². The molecule has 2 aliphatic rings. The van der Waals surface area contributed by atoms with Gasteiger partial charge in [-0.25, -0.2) is 0 Å². The molecule has 160 valence electrons. The molecule has 4 rings (SSSR count). The fraction of sp³-hybridized carbons (Fsp3) is 0.478. The van der Waals surface area contributed by atoms with Crippen molar-refractivity contribution in [1.82, 2.24) is 9.80 Å². The Morgan fingerprint density at radius 1 is 0.867 bits per heavy atom. The van der Waals surface area contributed by atoms with Gasteiger partial charge in [-0.3, -0.25) is 14.5 Å². The first kappa shape index (κ1) is 20.5. The highest BCUT2D eigenvalue weighted by Gasteiger charge is 2.24. The highest BCUT2D eigenvalue weighted by Crippen LogP contribution is 2.21. The van der Waals surface area contributed by atoms with Crippen molar-refractivity contribution in [3.8, 4) is 0 Å². The quantitative estimate of drug-likeness (QED) is 0.821. The van der Waals surface area contributed by atoms with Crippen LogP contribution >= 0.6 is 0 Å². The summed E-state index contributed by atoms with van der Waals surface area (Å²) in [5, 5.41) is 2.99. The largest absolute Gasteiger partial charge is 0.459 e. The molecule has 30 heavy (non-hydrogen) atoms. The average Bonchev–Trinajstić information content (AvgIpc) is 3.17. The topological polar surface area (TPSA) is 69.0 Å². The van der Waals surface area contributed by atoms with Crippen LogP contribution in [0.25, 0.3) is 0 Å². The standard InChI is InChI=1S/C23H30N4O3/c28-22(18-25-13-15-27(16-14-25)23(29)21-6-5-17-30-21)24-19-7-9-20(10-8-19)26-11-3-1-2-4-12-26/h5-10,17H,1-4,11-16,18H2,(H,24,28). The second-order valence-corrected chi connectivity index (χ2v) is 8.04. The lowest BCUT2D eigenvalue weighted by atomic mass is 10.2. The fourth-order valence-electron chi connectivity index (χ4n) is 4.15. The lowest BCUT2D eigenvalue weighted by Crippen LogP contribution is -2.50. The molecule has 0 saturated carbocycles. The summed E-state index contributed by atoms with van der Waals surface area (Å²) in [6, 6.07) is 11.6. The molecular weight excluding hydrogens is 380 g/mol. The van der Waals surface area contributed by atoms with E-state index in [0.29, 0.717) is 38.5 Å². The Balaban J connectivity index is 1.22. The van der Waals surface area contributed by atoms with E-state index in [0.717, 1.165) is 18.8 Å². The van der Waals surface area contributed by atoms with E-state index in [1.165, 1.54) is 37.6 Å². The number of anilines is 2. The van der Waals surface area contributed by atoms with Gasteiger partial charge in [-0.2, -0.15) is 0 Å². The molecule has 0 unspecified atom stereocenters. The molecule has 0 atom stereocenters. The number of hydrogen-bond donors (Lipinski definition) is 1. The molecule has 3 heterocycles. The summed E-state index contributed by atoms with van der Waals surface area (Å²) in [5.74, 6) is 0.252. The van der Waals surface area contributed by atoms with Crippen LogP contribution in [0.15, 0.2) is 47.1 Å². The third-order valence-electron chi connectivity index (χ3n) is 5.88. The zero-order valence-electron chi connectivity index (χ0n) is 17.4. The van der Waals surface area contributed by atoms with Crippen LogP contribution in [0.4, 0.5) is 11.4 Å². The second kappa shape index (κ2) is 9.80. The number of benzene rings is 1. The van der Waals surface area contributed by atoms with Crippen LogP contribution in [0.5, 0.6) is 0 Å². The van der Waals surface area contributed by atoms with Crippen molar-refractivity contribution >= 4 is 23.2 Å². The Morgan fingerprint density at radius 3 is 2.20 bits per heavy atom. The van der Waals surface area contributed by atoms with Gasteiger partial charge in [0.1, 0.15) is 0 Å². The van der Waals surface area contributed by atoms with Gasteiger partial charge in [0, 0.05) is 50.6 Å². The van der Waals surface area contributed by atoms with Crippen molar-refractivity contribution in [3.63, 3.8) is 0 Å². The zero-order chi connectivity index (χ0) is 20.8. The molecule has 2 amide bonds. The van der Waals surface area contributed by atoms with Crippen molar-refractivity contribution in [3.05, 3.63) is 48.4 Å². The summed E-state index contributed by atoms with van der Waals surface area (Å²) >= 11 is 0. The van der Waals surface area contributed by atoms with Gasteiger partial charge in [0.05, 0.1) is 12.8 Å². The predicted molar refractivity (Wildman–Crippen MR) is 117 cm³/mol. The van der Waals surface area contributed by atoms with Gasteiger partial charge >= 0.3 is 0 Å². The van der Waals surface area contributed by atoms with Gasteiger partial charge in [-0.05, 0) is 49.2 Å². The van der Waals surface area contributed by atoms with E-state index in [-0.39, 0.29) is 11.8 Å². The number of piperazine rings is 1. The minimum Gasteiger partial charge on any atom is -0.459 e. The number of nitrogens with zero attached hydrogens (tertiary/aromatic N) is 3. The van der Waals surface area contributed by atoms with Crippen LogP contribution in [-0.4, -0.2) is 67.4 Å². The van der Waals surface area contributed by atoms with Crippen LogP contribution < -0.4 is 10.2 Å². The lowest BCUT2D eigenvalue weighted by molar-refractivity contribution is -0.117. The summed E-state index contributed by atoms with van der Waals surface area (Å²) in [6.45, 7) is 5.09. The van der Waals surface area contributed by atoms with E-state index in [9.17, 15) is 9.59 Å². The molecule has 7 nitrogen and oxygen atoms in total. The summed E-state index contributed by atoms with van der Waals surface area (Å²) < 4.78 is 5.19. The first-order valence-corrected chi connectivity index (χ1v) is 10.9. The van der Waals surface area contributed by atoms with Gasteiger partial charge in [-0.1, -0.05) is 12.8 Å². The van der Waals surface area contributed by atoms with Crippen LogP contribution in [-0.2, 0) is 4.79 Å². The molecular formula is C23H30N4O3. The molecule has 7 heteroatoms. The minimum atomic E-state index is -0.0893. The third kappa shape index (κ3) is 5.21. The SMILES string of the molecule is O=C(CN1CCN(C(=O)c2ccco2)CC1)Nc1ccc(N2CCCCCC2)cc1. The molecule has 2 fully saturated rings. The third-order valence-corrected chi connectivity index (χ3v) is 5.88. The molecule has 2 aliphatic heterocycles. The molecule has 0 spiro atoms. The molecule has 0 bridgehead atoms. The maximum absolute atomic E-state index is 12.5. The Hall–Kier alpha value is -2.80. The maximum Gasteiger partial charge on any atom is 0.289 e. The van der Waals surface area contributed by atoms with Gasteiger partial charge in [0.15, 0.2) is 5.76 Å². The Labute approximate surface area is 177 Å². The highest BCUT2D eigenvalue weighted by molar-refractivity contribution is 5.93. The van der Waals surface area contributed by atoms with E-state index in [2.05, 4.69) is 27.2 Å². The first-order valence-electron chi connectivity index (χ1n) is 10.9. The molecule has 2 saturated heterocycles. The van der Waals surface area contributed by atoms with Gasteiger partial charge in [0.25, 0.3) is 5.91 Å². The van der Waals surface area contributed by atoms with Crippen LogP contribution in [0.3, 0.4) is 0 Å². The maximum atomic E-state index is 12.5. The molecule has 0 radical (unpaired) electrons. The zero-order valence-corrected chi connectivity index (χ0v) is 17.4. The van der Waals surface area contributed by atoms with Crippen molar-refractivity contribution in [1.29, 1.82) is 0 Å². The monoisotopic (exact) mass is 410 g/mol.